The number of fused-ring (bicyclic) bond motifs is 1. The SMILES string of the molecule is CC[C@H](C)N(CCc1nc(-c2ccc3c(c2)OCO3)no1)C(=O)COCc1ccccc1. The van der Waals surface area contributed by atoms with Crippen LogP contribution in [0, 0.1) is 0 Å². The first kappa shape index (κ1) is 21.8. The lowest BCUT2D eigenvalue weighted by molar-refractivity contribution is -0.138. The maximum absolute atomic E-state index is 12.8. The van der Waals surface area contributed by atoms with Crippen LogP contribution in [0.1, 0.15) is 31.7 Å². The third-order valence-electron chi connectivity index (χ3n) is 5.45. The van der Waals surface area contributed by atoms with Crippen LogP contribution >= 0.6 is 0 Å². The fraction of sp³-hybridized carbons (Fsp3) is 0.375. The van der Waals surface area contributed by atoms with Crippen molar-refractivity contribution in [1.29, 1.82) is 0 Å². The number of benzene rings is 2. The molecule has 2 aromatic carbocycles. The molecular weight excluding hydrogens is 410 g/mol. The Balaban J connectivity index is 1.34. The van der Waals surface area contributed by atoms with Gasteiger partial charge in [0.25, 0.3) is 0 Å². The lowest BCUT2D eigenvalue weighted by Crippen LogP contribution is -2.41. The van der Waals surface area contributed by atoms with Gasteiger partial charge in [-0.25, -0.2) is 0 Å². The molecule has 3 aromatic rings. The molecule has 1 atom stereocenters. The second-order valence-electron chi connectivity index (χ2n) is 7.65. The summed E-state index contributed by atoms with van der Waals surface area (Å²) < 4.78 is 21.8. The van der Waals surface area contributed by atoms with Gasteiger partial charge in [-0.15, -0.1) is 0 Å². The van der Waals surface area contributed by atoms with E-state index in [9.17, 15) is 4.79 Å². The Morgan fingerprint density at radius 3 is 2.78 bits per heavy atom. The standard InChI is InChI=1S/C24H27N3O5/c1-3-17(2)27(23(28)15-29-14-18-7-5-4-6-8-18)12-11-22-25-24(26-32-22)19-9-10-20-21(13-19)31-16-30-20/h4-10,13,17H,3,11-12,14-16H2,1-2H3/t17-/m0/s1. The molecule has 0 N–H and O–H groups in total. The molecule has 8 nitrogen and oxygen atoms in total. The van der Waals surface area contributed by atoms with Crippen molar-refractivity contribution in [3.8, 4) is 22.9 Å². The molecule has 0 saturated carbocycles. The van der Waals surface area contributed by atoms with Crippen molar-refractivity contribution in [2.24, 2.45) is 0 Å². The highest BCUT2D eigenvalue weighted by Gasteiger charge is 2.21. The summed E-state index contributed by atoms with van der Waals surface area (Å²) in [4.78, 5) is 19.1. The van der Waals surface area contributed by atoms with E-state index in [1.54, 1.807) is 0 Å². The highest BCUT2D eigenvalue weighted by Crippen LogP contribution is 2.35. The molecule has 1 aliphatic rings. The summed E-state index contributed by atoms with van der Waals surface area (Å²) in [5, 5.41) is 4.07. The molecule has 168 valence electrons. The number of carbonyl (C=O) groups is 1. The van der Waals surface area contributed by atoms with Crippen LogP contribution in [0.2, 0.25) is 0 Å². The van der Waals surface area contributed by atoms with E-state index in [2.05, 4.69) is 17.1 Å². The molecule has 0 fully saturated rings. The van der Waals surface area contributed by atoms with Gasteiger partial charge in [-0.1, -0.05) is 42.4 Å². The molecular formula is C24H27N3O5. The highest BCUT2D eigenvalue weighted by atomic mass is 16.7. The molecule has 8 heteroatoms. The summed E-state index contributed by atoms with van der Waals surface area (Å²) in [5.74, 6) is 2.27. The van der Waals surface area contributed by atoms with Crippen LogP contribution in [0.15, 0.2) is 53.1 Å². The van der Waals surface area contributed by atoms with Gasteiger partial charge in [0.2, 0.25) is 24.4 Å². The lowest BCUT2D eigenvalue weighted by Gasteiger charge is -2.28. The zero-order chi connectivity index (χ0) is 22.3. The summed E-state index contributed by atoms with van der Waals surface area (Å²) in [5.41, 5.74) is 1.82. The minimum absolute atomic E-state index is 0.0332. The molecule has 0 aliphatic carbocycles. The summed E-state index contributed by atoms with van der Waals surface area (Å²) in [6.07, 6.45) is 1.31. The van der Waals surface area contributed by atoms with Crippen molar-refractivity contribution in [3.63, 3.8) is 0 Å². The van der Waals surface area contributed by atoms with Crippen molar-refractivity contribution in [3.05, 3.63) is 60.0 Å². The summed E-state index contributed by atoms with van der Waals surface area (Å²) in [6, 6.07) is 15.4. The zero-order valence-corrected chi connectivity index (χ0v) is 18.3. The normalized spacial score (nSPS) is 13.2. The molecule has 0 radical (unpaired) electrons. The predicted octanol–water partition coefficient (Wildman–Crippen LogP) is 3.85. The second-order valence-corrected chi connectivity index (χ2v) is 7.65. The van der Waals surface area contributed by atoms with E-state index >= 15 is 0 Å². The van der Waals surface area contributed by atoms with Gasteiger partial charge in [-0.3, -0.25) is 4.79 Å². The Bertz CT molecular complexity index is 1040. The predicted molar refractivity (Wildman–Crippen MR) is 117 cm³/mol. The molecule has 4 rings (SSSR count). The minimum Gasteiger partial charge on any atom is -0.454 e. The Hall–Kier alpha value is -3.39. The molecule has 1 aromatic heterocycles. The number of rotatable bonds is 10. The first-order chi connectivity index (χ1) is 15.6. The molecule has 1 amide bonds. The average Bonchev–Trinajstić information content (AvgIpc) is 3.48. The van der Waals surface area contributed by atoms with Crippen LogP contribution in [-0.2, 0) is 22.6 Å². The largest absolute Gasteiger partial charge is 0.454 e. The minimum atomic E-state index is -0.0502. The van der Waals surface area contributed by atoms with Gasteiger partial charge >= 0.3 is 0 Å². The van der Waals surface area contributed by atoms with Gasteiger partial charge in [-0.05, 0) is 37.1 Å². The van der Waals surface area contributed by atoms with Gasteiger partial charge in [0.05, 0.1) is 6.61 Å². The fourth-order valence-corrected chi connectivity index (χ4v) is 3.45. The van der Waals surface area contributed by atoms with Crippen molar-refractivity contribution in [2.75, 3.05) is 19.9 Å². The number of hydrogen-bond donors (Lipinski definition) is 0. The van der Waals surface area contributed by atoms with E-state index < -0.39 is 0 Å². The third-order valence-corrected chi connectivity index (χ3v) is 5.45. The van der Waals surface area contributed by atoms with E-state index in [-0.39, 0.29) is 25.3 Å². The number of hydrogen-bond acceptors (Lipinski definition) is 7. The van der Waals surface area contributed by atoms with Crippen LogP contribution in [0.4, 0.5) is 0 Å². The second kappa shape index (κ2) is 10.3. The Kier molecular flexibility index (Phi) is 7.01. The molecule has 0 saturated heterocycles. The number of ether oxygens (including phenoxy) is 3. The maximum atomic E-state index is 12.8. The van der Waals surface area contributed by atoms with E-state index in [1.165, 1.54) is 0 Å². The van der Waals surface area contributed by atoms with Crippen molar-refractivity contribution >= 4 is 5.91 Å². The molecule has 32 heavy (non-hydrogen) atoms. The first-order valence-electron chi connectivity index (χ1n) is 10.8. The lowest BCUT2D eigenvalue weighted by atomic mass is 10.2. The molecule has 0 bridgehead atoms. The van der Waals surface area contributed by atoms with E-state index in [0.717, 1.165) is 17.5 Å². The first-order valence-corrected chi connectivity index (χ1v) is 10.8. The number of aromatic nitrogens is 2. The van der Waals surface area contributed by atoms with Crippen molar-refractivity contribution in [2.45, 2.75) is 39.3 Å². The van der Waals surface area contributed by atoms with Gasteiger partial charge in [-0.2, -0.15) is 4.98 Å². The maximum Gasteiger partial charge on any atom is 0.248 e. The fourth-order valence-electron chi connectivity index (χ4n) is 3.45. The Morgan fingerprint density at radius 2 is 1.97 bits per heavy atom. The zero-order valence-electron chi connectivity index (χ0n) is 18.3. The smallest absolute Gasteiger partial charge is 0.248 e. The monoisotopic (exact) mass is 437 g/mol. The molecule has 0 spiro atoms. The number of amides is 1. The topological polar surface area (TPSA) is 86.9 Å². The van der Waals surface area contributed by atoms with E-state index in [4.69, 9.17) is 18.7 Å². The van der Waals surface area contributed by atoms with Gasteiger partial charge in [0, 0.05) is 24.6 Å². The average molecular weight is 437 g/mol. The van der Waals surface area contributed by atoms with Gasteiger partial charge in [0.15, 0.2) is 11.5 Å². The van der Waals surface area contributed by atoms with Gasteiger partial charge < -0.3 is 23.6 Å². The Morgan fingerprint density at radius 1 is 1.16 bits per heavy atom. The van der Waals surface area contributed by atoms with Crippen LogP contribution in [0.25, 0.3) is 11.4 Å². The number of carbonyl (C=O) groups excluding carboxylic acids is 1. The number of nitrogens with zero attached hydrogens (tertiary/aromatic N) is 3. The molecule has 1 aliphatic heterocycles. The van der Waals surface area contributed by atoms with Crippen LogP contribution in [0.5, 0.6) is 11.5 Å². The van der Waals surface area contributed by atoms with E-state index in [0.29, 0.717) is 42.8 Å². The molecule has 2 heterocycles. The summed E-state index contributed by atoms with van der Waals surface area (Å²) in [6.45, 7) is 5.21. The molecule has 0 unspecified atom stereocenters. The van der Waals surface area contributed by atoms with Crippen molar-refractivity contribution in [1.82, 2.24) is 15.0 Å². The van der Waals surface area contributed by atoms with Crippen molar-refractivity contribution < 1.29 is 23.5 Å². The van der Waals surface area contributed by atoms with E-state index in [1.807, 2.05) is 60.4 Å². The van der Waals surface area contributed by atoms with Crippen LogP contribution in [0.3, 0.4) is 0 Å². The van der Waals surface area contributed by atoms with Crippen LogP contribution < -0.4 is 9.47 Å². The summed E-state index contributed by atoms with van der Waals surface area (Å²) in [7, 11) is 0. The Labute approximate surface area is 187 Å². The quantitative estimate of drug-likeness (QED) is 0.476. The highest BCUT2D eigenvalue weighted by molar-refractivity contribution is 5.77. The van der Waals surface area contributed by atoms with Crippen LogP contribution in [-0.4, -0.2) is 46.9 Å². The summed E-state index contributed by atoms with van der Waals surface area (Å²) >= 11 is 0. The van der Waals surface area contributed by atoms with Gasteiger partial charge in [0.1, 0.15) is 6.61 Å². The third kappa shape index (κ3) is 5.26.